The van der Waals surface area contributed by atoms with Crippen LogP contribution in [0.5, 0.6) is 0 Å². The van der Waals surface area contributed by atoms with Gasteiger partial charge in [0.05, 0.1) is 23.9 Å². The summed E-state index contributed by atoms with van der Waals surface area (Å²) in [6, 6.07) is 7.64. The van der Waals surface area contributed by atoms with Crippen LogP contribution < -0.4 is 4.90 Å². The second-order valence-corrected chi connectivity index (χ2v) is 9.33. The fraction of sp³-hybridized carbons (Fsp3) is 0.364. The lowest BCUT2D eigenvalue weighted by Crippen LogP contribution is -2.31. The zero-order chi connectivity index (χ0) is 23.8. The molecule has 12 heteroatoms. The predicted octanol–water partition coefficient (Wildman–Crippen LogP) is 1.98. The van der Waals surface area contributed by atoms with E-state index in [1.165, 1.54) is 30.0 Å². The van der Waals surface area contributed by atoms with Gasteiger partial charge >= 0.3 is 5.97 Å². The molecule has 0 spiro atoms. The molecule has 5 rings (SSSR count). The maximum Gasteiger partial charge on any atom is 0.335 e. The zero-order valence-corrected chi connectivity index (χ0v) is 19.1. The van der Waals surface area contributed by atoms with Crippen molar-refractivity contribution in [3.05, 3.63) is 42.1 Å². The smallest absolute Gasteiger partial charge is 0.335 e. The number of aromatic nitrogens is 5. The monoisotopic (exact) mass is 482 g/mol. The highest BCUT2D eigenvalue weighted by Gasteiger charge is 2.41. The van der Waals surface area contributed by atoms with Crippen molar-refractivity contribution in [2.24, 2.45) is 7.05 Å². The number of imide groups is 1. The van der Waals surface area contributed by atoms with Gasteiger partial charge in [0.1, 0.15) is 10.9 Å². The lowest BCUT2D eigenvalue weighted by molar-refractivity contribution is -0.121. The van der Waals surface area contributed by atoms with Crippen LogP contribution in [0.15, 0.2) is 41.7 Å². The number of carbonyl (C=O) groups excluding carboxylic acids is 2. The van der Waals surface area contributed by atoms with Gasteiger partial charge < -0.3 is 9.84 Å². The van der Waals surface area contributed by atoms with Gasteiger partial charge in [0.25, 0.3) is 0 Å². The van der Waals surface area contributed by atoms with E-state index in [0.29, 0.717) is 29.8 Å². The minimum absolute atomic E-state index is 0.00510. The Hall–Kier alpha value is -3.51. The standard InChI is InChI=1S/C22H22N6O5S/c1-26-8-7-16(25-26)19-23-24-22(27(19)12-15-6-3-9-33-15)34-17-11-18(29)28(20(17)30)14-5-2-4-13(10-14)21(31)32/h2,4-5,7-8,10,15,17H,3,6,9,11-12H2,1H3,(H,31,32)/t15-,17+/m1/s1. The van der Waals surface area contributed by atoms with E-state index in [-0.39, 0.29) is 29.7 Å². The summed E-state index contributed by atoms with van der Waals surface area (Å²) in [6.07, 6.45) is 3.70. The SMILES string of the molecule is Cn1ccc(-c2nnc(S[C@H]3CC(=O)N(c4cccc(C(=O)O)c4)C3=O)n2C[C@H]2CCCO2)n1. The van der Waals surface area contributed by atoms with Gasteiger partial charge in [0, 0.05) is 26.3 Å². The number of carboxylic acids is 1. The number of aromatic carboxylic acids is 1. The first-order valence-corrected chi connectivity index (χ1v) is 11.7. The summed E-state index contributed by atoms with van der Waals surface area (Å²) >= 11 is 1.18. The van der Waals surface area contributed by atoms with Gasteiger partial charge in [0.2, 0.25) is 11.8 Å². The molecule has 1 aromatic carbocycles. The van der Waals surface area contributed by atoms with Crippen LogP contribution in [-0.4, -0.2) is 65.4 Å². The van der Waals surface area contributed by atoms with E-state index in [9.17, 15) is 19.5 Å². The summed E-state index contributed by atoms with van der Waals surface area (Å²) in [4.78, 5) is 38.3. The maximum absolute atomic E-state index is 13.2. The second-order valence-electron chi connectivity index (χ2n) is 8.16. The van der Waals surface area contributed by atoms with E-state index in [1.54, 1.807) is 10.7 Å². The van der Waals surface area contributed by atoms with Crippen LogP contribution >= 0.6 is 11.8 Å². The number of amides is 2. The fourth-order valence-corrected chi connectivity index (χ4v) is 5.19. The molecule has 1 N–H and O–H groups in total. The average Bonchev–Trinajstić information content (AvgIpc) is 3.59. The number of anilines is 1. The summed E-state index contributed by atoms with van der Waals surface area (Å²) in [6.45, 7) is 1.22. The molecule has 2 aliphatic rings. The molecule has 2 fully saturated rings. The Morgan fingerprint density at radius 1 is 1.26 bits per heavy atom. The highest BCUT2D eigenvalue weighted by atomic mass is 32.2. The van der Waals surface area contributed by atoms with Crippen LogP contribution in [0, 0.1) is 0 Å². The number of hydrogen-bond donors (Lipinski definition) is 1. The first-order valence-electron chi connectivity index (χ1n) is 10.8. The topological polar surface area (TPSA) is 132 Å². The van der Waals surface area contributed by atoms with Gasteiger partial charge in [-0.2, -0.15) is 5.10 Å². The molecule has 0 saturated carbocycles. The van der Waals surface area contributed by atoms with E-state index in [1.807, 2.05) is 23.9 Å². The van der Waals surface area contributed by atoms with Crippen LogP contribution in [0.1, 0.15) is 29.6 Å². The highest BCUT2D eigenvalue weighted by Crippen LogP contribution is 2.35. The summed E-state index contributed by atoms with van der Waals surface area (Å²) < 4.78 is 9.38. The molecule has 2 atom stereocenters. The third kappa shape index (κ3) is 4.21. The Balaban J connectivity index is 1.42. The van der Waals surface area contributed by atoms with Gasteiger partial charge in [0.15, 0.2) is 11.0 Å². The Labute approximate surface area is 198 Å². The first kappa shape index (κ1) is 22.3. The van der Waals surface area contributed by atoms with Crippen molar-refractivity contribution in [1.82, 2.24) is 24.5 Å². The highest BCUT2D eigenvalue weighted by molar-refractivity contribution is 8.00. The van der Waals surface area contributed by atoms with E-state index in [0.717, 1.165) is 17.7 Å². The molecule has 3 aromatic rings. The first-order chi connectivity index (χ1) is 16.4. The molecule has 4 heterocycles. The third-order valence-corrected chi connectivity index (χ3v) is 6.94. The molecule has 176 valence electrons. The molecule has 2 aromatic heterocycles. The van der Waals surface area contributed by atoms with Gasteiger partial charge in [-0.1, -0.05) is 17.8 Å². The quantitative estimate of drug-likeness (QED) is 0.502. The second kappa shape index (κ2) is 9.03. The average molecular weight is 483 g/mol. The Bertz CT molecular complexity index is 1260. The zero-order valence-electron chi connectivity index (χ0n) is 18.3. The molecule has 2 saturated heterocycles. The summed E-state index contributed by atoms with van der Waals surface area (Å²) in [5, 5.41) is 22.1. The Morgan fingerprint density at radius 2 is 2.12 bits per heavy atom. The summed E-state index contributed by atoms with van der Waals surface area (Å²) in [5.41, 5.74) is 0.902. The number of benzene rings is 1. The summed E-state index contributed by atoms with van der Waals surface area (Å²) in [7, 11) is 1.82. The van der Waals surface area contributed by atoms with Crippen molar-refractivity contribution in [3.8, 4) is 11.5 Å². The molecule has 0 radical (unpaired) electrons. The van der Waals surface area contributed by atoms with Crippen molar-refractivity contribution in [3.63, 3.8) is 0 Å². The molecule has 2 aliphatic heterocycles. The fourth-order valence-electron chi connectivity index (χ4n) is 4.13. The largest absolute Gasteiger partial charge is 0.478 e. The maximum atomic E-state index is 13.2. The van der Waals surface area contributed by atoms with Crippen LogP contribution in [0.4, 0.5) is 5.69 Å². The minimum atomic E-state index is -1.13. The molecule has 0 aliphatic carbocycles. The number of carboxylic acid groups (broad SMARTS) is 1. The van der Waals surface area contributed by atoms with Crippen molar-refractivity contribution >= 4 is 35.2 Å². The van der Waals surface area contributed by atoms with Gasteiger partial charge in [-0.05, 0) is 37.1 Å². The number of hydrogen-bond acceptors (Lipinski definition) is 8. The van der Waals surface area contributed by atoms with Gasteiger partial charge in [-0.25, -0.2) is 9.69 Å². The van der Waals surface area contributed by atoms with Crippen LogP contribution in [0.2, 0.25) is 0 Å². The van der Waals surface area contributed by atoms with Gasteiger partial charge in [-0.3, -0.25) is 18.8 Å². The summed E-state index contributed by atoms with van der Waals surface area (Å²) in [5.74, 6) is -1.36. The number of thioether (sulfide) groups is 1. The number of carbonyl (C=O) groups is 3. The predicted molar refractivity (Wildman–Crippen MR) is 121 cm³/mol. The van der Waals surface area contributed by atoms with Crippen molar-refractivity contribution < 1.29 is 24.2 Å². The molecular formula is C22H22N6O5S. The van der Waals surface area contributed by atoms with Crippen molar-refractivity contribution in [2.45, 2.75) is 42.3 Å². The van der Waals surface area contributed by atoms with Crippen molar-refractivity contribution in [1.29, 1.82) is 0 Å². The Kier molecular flexibility index (Phi) is 5.92. The van der Waals surface area contributed by atoms with Crippen LogP contribution in [0.25, 0.3) is 11.5 Å². The molecular weight excluding hydrogens is 460 g/mol. The van der Waals surface area contributed by atoms with Crippen LogP contribution in [0.3, 0.4) is 0 Å². The van der Waals surface area contributed by atoms with E-state index in [2.05, 4.69) is 15.3 Å². The lowest BCUT2D eigenvalue weighted by atomic mass is 10.2. The minimum Gasteiger partial charge on any atom is -0.478 e. The molecule has 0 unspecified atom stereocenters. The van der Waals surface area contributed by atoms with E-state index in [4.69, 9.17) is 4.74 Å². The van der Waals surface area contributed by atoms with Crippen molar-refractivity contribution in [2.75, 3.05) is 11.5 Å². The molecule has 34 heavy (non-hydrogen) atoms. The molecule has 2 amide bonds. The number of rotatable bonds is 7. The van der Waals surface area contributed by atoms with Crippen LogP contribution in [-0.2, 0) is 27.9 Å². The number of nitrogens with zero attached hydrogens (tertiary/aromatic N) is 6. The molecule has 11 nitrogen and oxygen atoms in total. The molecule has 0 bridgehead atoms. The lowest BCUT2D eigenvalue weighted by Gasteiger charge is -2.16. The van der Waals surface area contributed by atoms with Gasteiger partial charge in [-0.15, -0.1) is 10.2 Å². The number of ether oxygens (including phenoxy) is 1. The van der Waals surface area contributed by atoms with E-state index >= 15 is 0 Å². The number of aryl methyl sites for hydroxylation is 1. The normalized spacial score (nSPS) is 20.4. The van der Waals surface area contributed by atoms with E-state index < -0.39 is 17.1 Å². The third-order valence-electron chi connectivity index (χ3n) is 5.77. The Morgan fingerprint density at radius 3 is 2.82 bits per heavy atom.